The Balaban J connectivity index is 1.97. The molecule has 1 aromatic rings. The molecule has 1 aliphatic rings. The van der Waals surface area contributed by atoms with E-state index in [-0.39, 0.29) is 5.38 Å². The maximum absolute atomic E-state index is 6.57. The molecule has 2 rings (SSSR count). The zero-order valence-electron chi connectivity index (χ0n) is 12.1. The van der Waals surface area contributed by atoms with E-state index < -0.39 is 0 Å². The first kappa shape index (κ1) is 14.7. The van der Waals surface area contributed by atoms with Crippen LogP contribution < -0.4 is 4.74 Å². The molecule has 1 aromatic carbocycles. The second kappa shape index (κ2) is 6.62. The number of methoxy groups -OCH3 is 1. The fourth-order valence-electron chi connectivity index (χ4n) is 3.11. The van der Waals surface area contributed by atoms with Crippen LogP contribution in [-0.2, 0) is 0 Å². The first-order valence-corrected chi connectivity index (χ1v) is 7.52. The van der Waals surface area contributed by atoms with E-state index in [1.165, 1.54) is 6.42 Å². The second-order valence-corrected chi connectivity index (χ2v) is 6.44. The van der Waals surface area contributed by atoms with E-state index in [4.69, 9.17) is 16.3 Å². The van der Waals surface area contributed by atoms with Crippen LogP contribution in [0.5, 0.6) is 5.75 Å². The summed E-state index contributed by atoms with van der Waals surface area (Å²) >= 11 is 6.57. The van der Waals surface area contributed by atoms with Crippen molar-refractivity contribution in [2.24, 2.45) is 11.8 Å². The van der Waals surface area contributed by atoms with E-state index in [1.807, 2.05) is 18.2 Å². The summed E-state index contributed by atoms with van der Waals surface area (Å²) in [5.41, 5.74) is 1.15. The number of nitrogens with zero attached hydrogens (tertiary/aromatic N) is 1. The van der Waals surface area contributed by atoms with Gasteiger partial charge in [0.1, 0.15) is 5.75 Å². The fraction of sp³-hybridized carbons (Fsp3) is 0.625. The van der Waals surface area contributed by atoms with E-state index in [0.29, 0.717) is 0 Å². The molecular weight excluding hydrogens is 258 g/mol. The van der Waals surface area contributed by atoms with Crippen molar-refractivity contribution >= 4 is 11.6 Å². The van der Waals surface area contributed by atoms with Crippen LogP contribution in [0.1, 0.15) is 31.2 Å². The van der Waals surface area contributed by atoms with Gasteiger partial charge in [-0.1, -0.05) is 26.0 Å². The summed E-state index contributed by atoms with van der Waals surface area (Å²) in [5.74, 6) is 2.43. The SMILES string of the molecule is COc1cccc(C(Cl)CN2CC(C)CC(C)C2)c1. The molecule has 2 nitrogen and oxygen atoms in total. The largest absolute Gasteiger partial charge is 0.497 e. The number of alkyl halides is 1. The number of hydrogen-bond acceptors (Lipinski definition) is 2. The summed E-state index contributed by atoms with van der Waals surface area (Å²) in [7, 11) is 1.69. The molecule has 0 spiro atoms. The lowest BCUT2D eigenvalue weighted by atomic mass is 9.91. The summed E-state index contributed by atoms with van der Waals surface area (Å²) in [6, 6.07) is 8.08. The highest BCUT2D eigenvalue weighted by Gasteiger charge is 2.23. The minimum atomic E-state index is 0.0348. The second-order valence-electron chi connectivity index (χ2n) is 5.91. The van der Waals surface area contributed by atoms with Crippen LogP contribution in [0.3, 0.4) is 0 Å². The average molecular weight is 282 g/mol. The zero-order chi connectivity index (χ0) is 13.8. The molecule has 1 aliphatic heterocycles. The standard InChI is InChI=1S/C16H24ClNO/c1-12-7-13(2)10-18(9-12)11-16(17)14-5-4-6-15(8-14)19-3/h4-6,8,12-13,16H,7,9-11H2,1-3H3. The molecule has 0 radical (unpaired) electrons. The predicted molar refractivity (Wildman–Crippen MR) is 81.0 cm³/mol. The molecule has 0 N–H and O–H groups in total. The number of rotatable bonds is 4. The van der Waals surface area contributed by atoms with Gasteiger partial charge in [-0.15, -0.1) is 11.6 Å². The molecule has 0 amide bonds. The van der Waals surface area contributed by atoms with E-state index in [1.54, 1.807) is 7.11 Å². The highest BCUT2D eigenvalue weighted by molar-refractivity contribution is 6.21. The predicted octanol–water partition coefficient (Wildman–Crippen LogP) is 3.95. The molecular formula is C16H24ClNO. The molecule has 0 saturated carbocycles. The lowest BCUT2D eigenvalue weighted by Gasteiger charge is -2.36. The van der Waals surface area contributed by atoms with E-state index >= 15 is 0 Å². The van der Waals surface area contributed by atoms with Gasteiger partial charge >= 0.3 is 0 Å². The van der Waals surface area contributed by atoms with Crippen molar-refractivity contribution in [3.63, 3.8) is 0 Å². The quantitative estimate of drug-likeness (QED) is 0.775. The molecule has 106 valence electrons. The number of benzene rings is 1. The van der Waals surface area contributed by atoms with Gasteiger partial charge < -0.3 is 9.64 Å². The number of piperidine rings is 1. The number of halogens is 1. The van der Waals surface area contributed by atoms with Crippen LogP contribution in [0.4, 0.5) is 0 Å². The minimum Gasteiger partial charge on any atom is -0.497 e. The highest BCUT2D eigenvalue weighted by Crippen LogP contribution is 2.28. The molecule has 1 fully saturated rings. The first-order chi connectivity index (χ1) is 9.08. The summed E-state index contributed by atoms with van der Waals surface area (Å²) in [6.45, 7) is 7.91. The number of hydrogen-bond donors (Lipinski definition) is 0. The smallest absolute Gasteiger partial charge is 0.119 e. The third-order valence-electron chi connectivity index (χ3n) is 3.82. The van der Waals surface area contributed by atoms with Gasteiger partial charge in [-0.3, -0.25) is 0 Å². The Hall–Kier alpha value is -0.730. The van der Waals surface area contributed by atoms with E-state index in [0.717, 1.165) is 42.8 Å². The molecule has 3 unspecified atom stereocenters. The summed E-state index contributed by atoms with van der Waals surface area (Å²) in [6.07, 6.45) is 1.34. The van der Waals surface area contributed by atoms with Gasteiger partial charge in [-0.2, -0.15) is 0 Å². The minimum absolute atomic E-state index is 0.0348. The molecule has 3 heteroatoms. The Bertz CT molecular complexity index is 399. The van der Waals surface area contributed by atoms with Crippen LogP contribution in [0.2, 0.25) is 0 Å². The monoisotopic (exact) mass is 281 g/mol. The summed E-state index contributed by atoms with van der Waals surface area (Å²) in [5, 5.41) is 0.0348. The molecule has 19 heavy (non-hydrogen) atoms. The van der Waals surface area contributed by atoms with Crippen LogP contribution in [0.15, 0.2) is 24.3 Å². The van der Waals surface area contributed by atoms with Gasteiger partial charge in [0.15, 0.2) is 0 Å². The molecule has 1 saturated heterocycles. The summed E-state index contributed by atoms with van der Waals surface area (Å²) in [4.78, 5) is 2.50. The number of likely N-dealkylation sites (tertiary alicyclic amines) is 1. The highest BCUT2D eigenvalue weighted by atomic mass is 35.5. The van der Waals surface area contributed by atoms with Crippen molar-refractivity contribution in [2.45, 2.75) is 25.6 Å². The van der Waals surface area contributed by atoms with Gasteiger partial charge in [0.25, 0.3) is 0 Å². The maximum Gasteiger partial charge on any atom is 0.119 e. The molecule has 1 heterocycles. The molecule has 0 bridgehead atoms. The van der Waals surface area contributed by atoms with Gasteiger partial charge in [0.2, 0.25) is 0 Å². The number of ether oxygens (including phenoxy) is 1. The maximum atomic E-state index is 6.57. The van der Waals surface area contributed by atoms with Crippen molar-refractivity contribution < 1.29 is 4.74 Å². The van der Waals surface area contributed by atoms with Gasteiger partial charge in [-0.25, -0.2) is 0 Å². The Morgan fingerprint density at radius 1 is 1.32 bits per heavy atom. The first-order valence-electron chi connectivity index (χ1n) is 7.09. The molecule has 0 aromatic heterocycles. The molecule has 0 aliphatic carbocycles. The van der Waals surface area contributed by atoms with Crippen molar-refractivity contribution in [2.75, 3.05) is 26.7 Å². The van der Waals surface area contributed by atoms with Crippen molar-refractivity contribution in [3.05, 3.63) is 29.8 Å². The van der Waals surface area contributed by atoms with E-state index in [2.05, 4.69) is 24.8 Å². The lowest BCUT2D eigenvalue weighted by molar-refractivity contribution is 0.141. The third-order valence-corrected chi connectivity index (χ3v) is 4.21. The molecule has 3 atom stereocenters. The van der Waals surface area contributed by atoms with Gasteiger partial charge in [0, 0.05) is 19.6 Å². The fourth-order valence-corrected chi connectivity index (χ4v) is 3.44. The Labute approximate surface area is 121 Å². The van der Waals surface area contributed by atoms with Crippen LogP contribution in [0.25, 0.3) is 0 Å². The van der Waals surface area contributed by atoms with Crippen molar-refractivity contribution in [3.8, 4) is 5.75 Å². The van der Waals surface area contributed by atoms with Crippen LogP contribution in [-0.4, -0.2) is 31.6 Å². The zero-order valence-corrected chi connectivity index (χ0v) is 12.9. The Morgan fingerprint density at radius 3 is 2.63 bits per heavy atom. The van der Waals surface area contributed by atoms with Gasteiger partial charge in [0.05, 0.1) is 12.5 Å². The van der Waals surface area contributed by atoms with Crippen LogP contribution >= 0.6 is 11.6 Å². The van der Waals surface area contributed by atoms with Crippen molar-refractivity contribution in [1.82, 2.24) is 4.90 Å². The van der Waals surface area contributed by atoms with Gasteiger partial charge in [-0.05, 0) is 36.0 Å². The Kier molecular flexibility index (Phi) is 5.12. The van der Waals surface area contributed by atoms with Crippen molar-refractivity contribution in [1.29, 1.82) is 0 Å². The third kappa shape index (κ3) is 4.12. The average Bonchev–Trinajstić information content (AvgIpc) is 2.37. The van der Waals surface area contributed by atoms with E-state index in [9.17, 15) is 0 Å². The summed E-state index contributed by atoms with van der Waals surface area (Å²) < 4.78 is 5.26. The Morgan fingerprint density at radius 2 is 2.00 bits per heavy atom. The van der Waals surface area contributed by atoms with Crippen LogP contribution in [0, 0.1) is 11.8 Å². The topological polar surface area (TPSA) is 12.5 Å². The normalized spacial score (nSPS) is 26.1. The lowest BCUT2D eigenvalue weighted by Crippen LogP contribution is -2.40.